The van der Waals surface area contributed by atoms with Gasteiger partial charge in [-0.05, 0) is 17.7 Å². The van der Waals surface area contributed by atoms with E-state index in [1.54, 1.807) is 35.7 Å². The van der Waals surface area contributed by atoms with Crippen molar-refractivity contribution < 1.29 is 22.8 Å². The molecule has 9 heteroatoms. The van der Waals surface area contributed by atoms with E-state index in [1.165, 1.54) is 23.5 Å². The number of rotatable bonds is 6. The van der Waals surface area contributed by atoms with Crippen molar-refractivity contribution in [3.05, 3.63) is 76.8 Å². The van der Waals surface area contributed by atoms with Crippen molar-refractivity contribution in [3.8, 4) is 10.6 Å². The lowest BCUT2D eigenvalue weighted by Gasteiger charge is -2.15. The molecule has 0 aliphatic carbocycles. The molecule has 2 aromatic carbocycles. The molecule has 0 radical (unpaired) electrons. The Kier molecular flexibility index (Phi) is 5.97. The Morgan fingerprint density at radius 1 is 1.07 bits per heavy atom. The second kappa shape index (κ2) is 8.44. The van der Waals surface area contributed by atoms with Gasteiger partial charge in [0.05, 0.1) is 17.7 Å². The summed E-state index contributed by atoms with van der Waals surface area (Å²) in [6, 6.07) is 12.3. The number of carbonyl (C=O) groups excluding carboxylic acids is 2. The van der Waals surface area contributed by atoms with Crippen LogP contribution in [0.2, 0.25) is 0 Å². The molecule has 3 rings (SSSR count). The quantitative estimate of drug-likeness (QED) is 0.639. The van der Waals surface area contributed by atoms with Crippen molar-refractivity contribution in [2.75, 3.05) is 0 Å². The van der Waals surface area contributed by atoms with Crippen molar-refractivity contribution in [3.63, 3.8) is 0 Å². The molecule has 0 aliphatic heterocycles. The van der Waals surface area contributed by atoms with Crippen molar-refractivity contribution in [1.29, 1.82) is 0 Å². The Bertz CT molecular complexity index is 1000. The van der Waals surface area contributed by atoms with Crippen LogP contribution in [0.4, 0.5) is 13.2 Å². The maximum Gasteiger partial charge on any atom is 0.416 e. The van der Waals surface area contributed by atoms with E-state index >= 15 is 0 Å². The average molecular weight is 419 g/mol. The van der Waals surface area contributed by atoms with Gasteiger partial charge in [0.2, 0.25) is 11.8 Å². The van der Waals surface area contributed by atoms with E-state index < -0.39 is 29.6 Å². The molecule has 29 heavy (non-hydrogen) atoms. The number of benzene rings is 2. The van der Waals surface area contributed by atoms with Crippen LogP contribution >= 0.6 is 11.3 Å². The van der Waals surface area contributed by atoms with Gasteiger partial charge < -0.3 is 11.1 Å². The maximum absolute atomic E-state index is 12.7. The van der Waals surface area contributed by atoms with Gasteiger partial charge in [-0.2, -0.15) is 13.2 Å². The van der Waals surface area contributed by atoms with Gasteiger partial charge in [-0.25, -0.2) is 4.98 Å². The smallest absolute Gasteiger partial charge is 0.368 e. The molecular weight excluding hydrogens is 403 g/mol. The standard InChI is InChI=1S/C20H16F3N3O2S/c21-20(22,23)14-8-6-13(7-9-14)19-25-15(11-29-19)10-16(27)26-17(18(24)28)12-4-2-1-3-5-12/h1-9,11,17H,10H2,(H2,24,28)(H,26,27). The molecule has 5 nitrogen and oxygen atoms in total. The third kappa shape index (κ3) is 5.20. The number of primary amides is 1. The van der Waals surface area contributed by atoms with Crippen LogP contribution in [0.25, 0.3) is 10.6 Å². The first-order valence-electron chi connectivity index (χ1n) is 8.49. The van der Waals surface area contributed by atoms with Crippen molar-refractivity contribution >= 4 is 23.2 Å². The normalized spacial score (nSPS) is 12.4. The molecule has 0 saturated carbocycles. The number of carbonyl (C=O) groups is 2. The summed E-state index contributed by atoms with van der Waals surface area (Å²) >= 11 is 1.22. The molecule has 3 aromatic rings. The van der Waals surface area contributed by atoms with Gasteiger partial charge in [0.25, 0.3) is 0 Å². The third-order valence-corrected chi connectivity index (χ3v) is 5.02. The third-order valence-electron chi connectivity index (χ3n) is 4.08. The molecule has 3 N–H and O–H groups in total. The van der Waals surface area contributed by atoms with Crippen LogP contribution in [-0.2, 0) is 22.2 Å². The van der Waals surface area contributed by atoms with Crippen molar-refractivity contribution in [2.45, 2.75) is 18.6 Å². The van der Waals surface area contributed by atoms with E-state index in [0.29, 0.717) is 21.8 Å². The minimum absolute atomic E-state index is 0.0895. The number of nitrogens with zero attached hydrogens (tertiary/aromatic N) is 1. The van der Waals surface area contributed by atoms with E-state index in [2.05, 4.69) is 10.3 Å². The summed E-state index contributed by atoms with van der Waals surface area (Å²) in [5, 5.41) is 4.72. The van der Waals surface area contributed by atoms with Gasteiger partial charge in [0.1, 0.15) is 11.0 Å². The van der Waals surface area contributed by atoms with E-state index in [0.717, 1.165) is 12.1 Å². The molecule has 1 aromatic heterocycles. The molecule has 150 valence electrons. The molecule has 0 saturated heterocycles. The molecule has 0 spiro atoms. The molecule has 1 unspecified atom stereocenters. The monoisotopic (exact) mass is 419 g/mol. The summed E-state index contributed by atoms with van der Waals surface area (Å²) in [5.41, 5.74) is 6.18. The first-order valence-corrected chi connectivity index (χ1v) is 9.37. The topological polar surface area (TPSA) is 85.1 Å². The number of hydrogen-bond donors (Lipinski definition) is 2. The van der Waals surface area contributed by atoms with E-state index in [4.69, 9.17) is 5.73 Å². The number of nitrogens with one attached hydrogen (secondary N) is 1. The number of amides is 2. The van der Waals surface area contributed by atoms with Gasteiger partial charge in [0.15, 0.2) is 0 Å². The van der Waals surface area contributed by atoms with Gasteiger partial charge in [-0.15, -0.1) is 11.3 Å². The summed E-state index contributed by atoms with van der Waals surface area (Å²) in [5.74, 6) is -1.13. The highest BCUT2D eigenvalue weighted by Crippen LogP contribution is 2.31. The predicted molar refractivity (Wildman–Crippen MR) is 103 cm³/mol. The minimum Gasteiger partial charge on any atom is -0.368 e. The molecule has 0 fully saturated rings. The van der Waals surface area contributed by atoms with E-state index in [9.17, 15) is 22.8 Å². The Labute approximate surface area is 168 Å². The Hall–Kier alpha value is -3.20. The number of aromatic nitrogens is 1. The summed E-state index contributed by atoms with van der Waals surface area (Å²) in [4.78, 5) is 28.3. The zero-order valence-electron chi connectivity index (χ0n) is 14.9. The van der Waals surface area contributed by atoms with Gasteiger partial charge in [-0.1, -0.05) is 42.5 Å². The zero-order valence-corrected chi connectivity index (χ0v) is 15.8. The fourth-order valence-electron chi connectivity index (χ4n) is 2.66. The number of alkyl halides is 3. The van der Waals surface area contributed by atoms with E-state index in [1.807, 2.05) is 0 Å². The van der Waals surface area contributed by atoms with Crippen LogP contribution in [0.3, 0.4) is 0 Å². The average Bonchev–Trinajstić information content (AvgIpc) is 3.14. The maximum atomic E-state index is 12.7. The fraction of sp³-hybridized carbons (Fsp3) is 0.150. The van der Waals surface area contributed by atoms with Crippen molar-refractivity contribution in [2.24, 2.45) is 5.73 Å². The second-order valence-corrected chi connectivity index (χ2v) is 7.07. The zero-order chi connectivity index (χ0) is 21.0. The summed E-state index contributed by atoms with van der Waals surface area (Å²) in [6.07, 6.45) is -4.49. The summed E-state index contributed by atoms with van der Waals surface area (Å²) in [6.45, 7) is 0. The van der Waals surface area contributed by atoms with E-state index in [-0.39, 0.29) is 6.42 Å². The highest BCUT2D eigenvalue weighted by molar-refractivity contribution is 7.13. The molecule has 2 amide bonds. The van der Waals surface area contributed by atoms with Crippen LogP contribution in [0.5, 0.6) is 0 Å². The molecule has 1 heterocycles. The summed E-state index contributed by atoms with van der Waals surface area (Å²) < 4.78 is 38.0. The molecule has 1 atom stereocenters. The molecule has 0 aliphatic rings. The largest absolute Gasteiger partial charge is 0.416 e. The first-order chi connectivity index (χ1) is 13.7. The first kappa shape index (κ1) is 20.5. The Morgan fingerprint density at radius 2 is 1.72 bits per heavy atom. The fourth-order valence-corrected chi connectivity index (χ4v) is 3.49. The van der Waals surface area contributed by atoms with Gasteiger partial charge in [0, 0.05) is 10.9 Å². The lowest BCUT2D eigenvalue weighted by atomic mass is 10.1. The highest BCUT2D eigenvalue weighted by atomic mass is 32.1. The summed E-state index contributed by atoms with van der Waals surface area (Å²) in [7, 11) is 0. The number of halogens is 3. The lowest BCUT2D eigenvalue weighted by Crippen LogP contribution is -2.38. The van der Waals surface area contributed by atoms with Crippen LogP contribution in [0, 0.1) is 0 Å². The van der Waals surface area contributed by atoms with Crippen LogP contribution < -0.4 is 11.1 Å². The highest BCUT2D eigenvalue weighted by Gasteiger charge is 2.30. The molecular formula is C20H16F3N3O2S. The minimum atomic E-state index is -4.40. The van der Waals surface area contributed by atoms with Gasteiger partial charge in [-0.3, -0.25) is 9.59 Å². The number of hydrogen-bond acceptors (Lipinski definition) is 4. The number of thiazole rings is 1. The van der Waals surface area contributed by atoms with Crippen molar-refractivity contribution in [1.82, 2.24) is 10.3 Å². The predicted octanol–water partition coefficient (Wildman–Crippen LogP) is 3.71. The van der Waals surface area contributed by atoms with Gasteiger partial charge >= 0.3 is 6.18 Å². The Balaban J connectivity index is 1.68. The van der Waals surface area contributed by atoms with Crippen LogP contribution in [0.1, 0.15) is 22.9 Å². The SMILES string of the molecule is NC(=O)C(NC(=O)Cc1csc(-c2ccc(C(F)(F)F)cc2)n1)c1ccccc1. The second-order valence-electron chi connectivity index (χ2n) is 6.21. The van der Waals surface area contributed by atoms with Crippen LogP contribution in [0.15, 0.2) is 60.0 Å². The lowest BCUT2D eigenvalue weighted by molar-refractivity contribution is -0.137. The van der Waals surface area contributed by atoms with Crippen LogP contribution in [-0.4, -0.2) is 16.8 Å². The number of nitrogens with two attached hydrogens (primary N) is 1. The Morgan fingerprint density at radius 3 is 2.31 bits per heavy atom. The molecule has 0 bridgehead atoms.